The molecule has 6 heteroatoms. The fourth-order valence-electron chi connectivity index (χ4n) is 3.12. The molecule has 0 fully saturated rings. The van der Waals surface area contributed by atoms with Crippen LogP contribution in [0.25, 0.3) is 0 Å². The van der Waals surface area contributed by atoms with Crippen molar-refractivity contribution >= 4 is 23.2 Å². The Morgan fingerprint density at radius 3 is 2.34 bits per heavy atom. The Labute approximate surface area is 169 Å². The number of carbonyl (C=O) groups excluding carboxylic acids is 2. The number of aryl methyl sites for hydroxylation is 3. The zero-order valence-corrected chi connectivity index (χ0v) is 16.4. The minimum atomic E-state index is -0.461. The fourth-order valence-corrected chi connectivity index (χ4v) is 3.12. The number of hydrogen-bond donors (Lipinski definition) is 2. The third-order valence-electron chi connectivity index (χ3n) is 4.42. The highest BCUT2D eigenvalue weighted by molar-refractivity contribution is 6.08. The monoisotopic (exact) mass is 384 g/mol. The van der Waals surface area contributed by atoms with Gasteiger partial charge in [-0.25, -0.2) is 0 Å². The summed E-state index contributed by atoms with van der Waals surface area (Å²) in [7, 11) is 0. The highest BCUT2D eigenvalue weighted by Gasteiger charge is 2.14. The fraction of sp³-hybridized carbons (Fsp3) is 0.130. The van der Waals surface area contributed by atoms with Crippen LogP contribution < -0.4 is 10.6 Å². The lowest BCUT2D eigenvalue weighted by molar-refractivity contribution is 0.102. The molecule has 1 heterocycles. The maximum Gasteiger partial charge on any atom is 0.274 e. The smallest absolute Gasteiger partial charge is 0.274 e. The number of benzene rings is 2. The maximum atomic E-state index is 12.7. The van der Waals surface area contributed by atoms with Crippen molar-refractivity contribution in [3.05, 3.63) is 88.2 Å². The summed E-state index contributed by atoms with van der Waals surface area (Å²) < 4.78 is 0. The molecule has 3 aromatic rings. The summed E-state index contributed by atoms with van der Waals surface area (Å²) in [6, 6.07) is 15.6. The van der Waals surface area contributed by atoms with Gasteiger partial charge in [-0.1, -0.05) is 23.8 Å². The van der Waals surface area contributed by atoms with E-state index in [-0.39, 0.29) is 11.6 Å². The average Bonchev–Trinajstić information content (AvgIpc) is 2.70. The molecule has 0 aliphatic heterocycles. The first kappa shape index (κ1) is 19.8. The van der Waals surface area contributed by atoms with Gasteiger partial charge in [0.2, 0.25) is 0 Å². The van der Waals surface area contributed by atoms with Crippen LogP contribution in [0.5, 0.6) is 0 Å². The molecule has 1 aromatic heterocycles. The number of nitrogens with zero attached hydrogens (tertiary/aromatic N) is 2. The third kappa shape index (κ3) is 4.66. The Hall–Kier alpha value is -3.98. The first-order chi connectivity index (χ1) is 13.9. The Kier molecular flexibility index (Phi) is 5.70. The Morgan fingerprint density at radius 2 is 1.66 bits per heavy atom. The summed E-state index contributed by atoms with van der Waals surface area (Å²) in [4.78, 5) is 29.3. The van der Waals surface area contributed by atoms with Gasteiger partial charge in [-0.2, -0.15) is 5.26 Å². The molecule has 6 nitrogen and oxygen atoms in total. The number of nitrogens with one attached hydrogen (secondary N) is 2. The number of aromatic nitrogens is 1. The zero-order chi connectivity index (χ0) is 21.0. The van der Waals surface area contributed by atoms with Gasteiger partial charge < -0.3 is 10.6 Å². The Morgan fingerprint density at radius 1 is 0.931 bits per heavy atom. The lowest BCUT2D eigenvalue weighted by Gasteiger charge is -2.13. The van der Waals surface area contributed by atoms with E-state index >= 15 is 0 Å². The normalized spacial score (nSPS) is 10.1. The van der Waals surface area contributed by atoms with Crippen LogP contribution in [-0.4, -0.2) is 16.8 Å². The molecule has 0 atom stereocenters. The van der Waals surface area contributed by atoms with E-state index in [0.29, 0.717) is 16.8 Å². The average molecular weight is 384 g/mol. The topological polar surface area (TPSA) is 94.9 Å². The first-order valence-corrected chi connectivity index (χ1v) is 9.04. The largest absolute Gasteiger partial charge is 0.322 e. The minimum Gasteiger partial charge on any atom is -0.322 e. The molecule has 0 saturated heterocycles. The Bertz CT molecular complexity index is 1120. The van der Waals surface area contributed by atoms with Crippen molar-refractivity contribution < 1.29 is 9.59 Å². The molecule has 144 valence electrons. The van der Waals surface area contributed by atoms with Gasteiger partial charge >= 0.3 is 0 Å². The highest BCUT2D eigenvalue weighted by atomic mass is 16.2. The molecule has 0 bridgehead atoms. The van der Waals surface area contributed by atoms with Gasteiger partial charge in [-0.15, -0.1) is 0 Å². The summed E-state index contributed by atoms with van der Waals surface area (Å²) in [6.45, 7) is 5.89. The summed E-state index contributed by atoms with van der Waals surface area (Å²) in [5, 5.41) is 14.6. The summed E-state index contributed by atoms with van der Waals surface area (Å²) >= 11 is 0. The van der Waals surface area contributed by atoms with Crippen LogP contribution >= 0.6 is 0 Å². The van der Waals surface area contributed by atoms with E-state index in [1.165, 1.54) is 12.3 Å². The molecular formula is C23H20N4O2. The molecule has 3 rings (SSSR count). The molecule has 2 N–H and O–H groups in total. The van der Waals surface area contributed by atoms with E-state index in [1.54, 1.807) is 30.3 Å². The van der Waals surface area contributed by atoms with Gasteiger partial charge in [-0.3, -0.25) is 14.6 Å². The second-order valence-electron chi connectivity index (χ2n) is 6.80. The summed E-state index contributed by atoms with van der Waals surface area (Å²) in [6.07, 6.45) is 1.42. The second-order valence-corrected chi connectivity index (χ2v) is 6.80. The van der Waals surface area contributed by atoms with Crippen LogP contribution in [0.3, 0.4) is 0 Å². The molecule has 2 amide bonds. The van der Waals surface area contributed by atoms with Crippen molar-refractivity contribution in [2.45, 2.75) is 20.8 Å². The summed E-state index contributed by atoms with van der Waals surface area (Å²) in [5.74, 6) is -0.777. The molecule has 0 aliphatic carbocycles. The van der Waals surface area contributed by atoms with Crippen molar-refractivity contribution in [3.8, 4) is 6.07 Å². The highest BCUT2D eigenvalue weighted by Crippen LogP contribution is 2.22. The number of carbonyl (C=O) groups is 2. The van der Waals surface area contributed by atoms with Gasteiger partial charge in [-0.05, 0) is 62.2 Å². The van der Waals surface area contributed by atoms with Crippen molar-refractivity contribution in [2.24, 2.45) is 0 Å². The minimum absolute atomic E-state index is 0.109. The van der Waals surface area contributed by atoms with E-state index in [9.17, 15) is 9.59 Å². The molecule has 0 unspecified atom stereocenters. The quantitative estimate of drug-likeness (QED) is 0.698. The number of anilines is 2. The van der Waals surface area contributed by atoms with E-state index in [0.717, 1.165) is 22.4 Å². The lowest BCUT2D eigenvalue weighted by atomic mass is 10.0. The van der Waals surface area contributed by atoms with Crippen LogP contribution in [0, 0.1) is 32.1 Å². The standard InChI is InChI=1S/C23H20N4O2/c1-14-9-15(2)21(16(3)10-14)27-22(28)18-7-8-25-20(12-18)23(29)26-19-6-4-5-17(11-19)13-24/h4-12H,1-3H3,(H,26,29)(H,27,28). The molecule has 0 radical (unpaired) electrons. The molecule has 2 aromatic carbocycles. The van der Waals surface area contributed by atoms with Gasteiger partial charge in [0, 0.05) is 23.1 Å². The molecule has 0 aliphatic rings. The number of hydrogen-bond acceptors (Lipinski definition) is 4. The Balaban J connectivity index is 1.79. The van der Waals surface area contributed by atoms with Gasteiger partial charge in [0.05, 0.1) is 11.6 Å². The van der Waals surface area contributed by atoms with E-state index in [1.807, 2.05) is 39.0 Å². The molecule has 0 spiro atoms. The second kappa shape index (κ2) is 8.36. The number of rotatable bonds is 4. The predicted octanol–water partition coefficient (Wildman–Crippen LogP) is 4.38. The van der Waals surface area contributed by atoms with Crippen LogP contribution in [0.1, 0.15) is 43.1 Å². The van der Waals surface area contributed by atoms with Gasteiger partial charge in [0.15, 0.2) is 0 Å². The third-order valence-corrected chi connectivity index (χ3v) is 4.42. The van der Waals surface area contributed by atoms with Crippen LogP contribution in [0.2, 0.25) is 0 Å². The van der Waals surface area contributed by atoms with Crippen molar-refractivity contribution in [3.63, 3.8) is 0 Å². The lowest BCUT2D eigenvalue weighted by Crippen LogP contribution is -2.17. The predicted molar refractivity (Wildman–Crippen MR) is 112 cm³/mol. The molecule has 29 heavy (non-hydrogen) atoms. The summed E-state index contributed by atoms with van der Waals surface area (Å²) in [5.41, 5.74) is 5.19. The van der Waals surface area contributed by atoms with Crippen LogP contribution in [0.4, 0.5) is 11.4 Å². The van der Waals surface area contributed by atoms with E-state index in [2.05, 4.69) is 15.6 Å². The first-order valence-electron chi connectivity index (χ1n) is 9.04. The van der Waals surface area contributed by atoms with Crippen LogP contribution in [0.15, 0.2) is 54.7 Å². The molecule has 0 saturated carbocycles. The van der Waals surface area contributed by atoms with E-state index < -0.39 is 5.91 Å². The van der Waals surface area contributed by atoms with Crippen molar-refractivity contribution in [1.82, 2.24) is 4.98 Å². The number of pyridine rings is 1. The zero-order valence-electron chi connectivity index (χ0n) is 16.4. The molecular weight excluding hydrogens is 364 g/mol. The van der Waals surface area contributed by atoms with Crippen molar-refractivity contribution in [1.29, 1.82) is 5.26 Å². The number of amides is 2. The van der Waals surface area contributed by atoms with Crippen LogP contribution in [-0.2, 0) is 0 Å². The SMILES string of the molecule is Cc1cc(C)c(NC(=O)c2ccnc(C(=O)Nc3cccc(C#N)c3)c2)c(C)c1. The van der Waals surface area contributed by atoms with Crippen molar-refractivity contribution in [2.75, 3.05) is 10.6 Å². The number of nitriles is 1. The van der Waals surface area contributed by atoms with Gasteiger partial charge in [0.1, 0.15) is 5.69 Å². The maximum absolute atomic E-state index is 12.7. The van der Waals surface area contributed by atoms with E-state index in [4.69, 9.17) is 5.26 Å². The van der Waals surface area contributed by atoms with Gasteiger partial charge in [0.25, 0.3) is 11.8 Å².